The monoisotopic (exact) mass is 527 g/mol. The van der Waals surface area contributed by atoms with E-state index in [1.54, 1.807) is 49.2 Å². The van der Waals surface area contributed by atoms with Crippen LogP contribution in [0.5, 0.6) is 23.0 Å². The molecule has 0 saturated heterocycles. The first-order chi connectivity index (χ1) is 18.9. The molecule has 3 N–H and O–H groups in total. The highest BCUT2D eigenvalue weighted by molar-refractivity contribution is 6.06. The van der Waals surface area contributed by atoms with Gasteiger partial charge in [-0.15, -0.1) is 5.10 Å². The molecule has 0 fully saturated rings. The Balaban J connectivity index is 1.63. The highest BCUT2D eigenvalue weighted by Gasteiger charge is 2.35. The summed E-state index contributed by atoms with van der Waals surface area (Å²) in [5.41, 5.74) is 2.97. The smallest absolute Gasteiger partial charge is 0.255 e. The molecular formula is C29H29N5O5. The number of aromatic nitrogens is 3. The van der Waals surface area contributed by atoms with Gasteiger partial charge in [0.15, 0.2) is 17.3 Å². The standard InChI is InChI=1S/C29H29N5O5/c1-5-39-23-14-13-18(16-24(23)38-4)26-25(28(36)31-21-11-6-7-12-22(21)37-3)17(2)30-29-32-27(33-34(26)29)19-9-8-10-20(35)15-19/h6-16,26,35H,5H2,1-4H3,(H,31,36)(H,30,32,33). The van der Waals surface area contributed by atoms with Crippen molar-refractivity contribution in [2.24, 2.45) is 0 Å². The number of hydrogen-bond acceptors (Lipinski definition) is 8. The van der Waals surface area contributed by atoms with Crippen LogP contribution in [0, 0.1) is 0 Å². The van der Waals surface area contributed by atoms with E-state index < -0.39 is 6.04 Å². The third kappa shape index (κ3) is 4.96. The Morgan fingerprint density at radius 2 is 1.82 bits per heavy atom. The number of para-hydroxylation sites is 2. The Morgan fingerprint density at radius 1 is 1.03 bits per heavy atom. The Bertz CT molecular complexity index is 1560. The number of nitrogens with zero attached hydrogens (tertiary/aromatic N) is 3. The van der Waals surface area contributed by atoms with Crippen molar-refractivity contribution in [3.05, 3.63) is 83.6 Å². The maximum Gasteiger partial charge on any atom is 0.255 e. The van der Waals surface area contributed by atoms with E-state index in [0.717, 1.165) is 5.56 Å². The molecule has 3 aromatic carbocycles. The summed E-state index contributed by atoms with van der Waals surface area (Å²) in [6.07, 6.45) is 0. The number of rotatable bonds is 8. The van der Waals surface area contributed by atoms with Gasteiger partial charge in [-0.05, 0) is 55.8 Å². The van der Waals surface area contributed by atoms with Crippen LogP contribution in [-0.4, -0.2) is 46.6 Å². The van der Waals surface area contributed by atoms with Crippen molar-refractivity contribution in [3.8, 4) is 34.4 Å². The lowest BCUT2D eigenvalue weighted by molar-refractivity contribution is -0.113. The van der Waals surface area contributed by atoms with E-state index in [-0.39, 0.29) is 11.7 Å². The molecule has 10 nitrogen and oxygen atoms in total. The summed E-state index contributed by atoms with van der Waals surface area (Å²) in [4.78, 5) is 18.5. The van der Waals surface area contributed by atoms with Gasteiger partial charge in [-0.1, -0.05) is 30.3 Å². The minimum atomic E-state index is -0.654. The Hall–Kier alpha value is -4.99. The van der Waals surface area contributed by atoms with Gasteiger partial charge in [0.05, 0.1) is 32.1 Å². The highest BCUT2D eigenvalue weighted by atomic mass is 16.5. The molecule has 1 amide bonds. The fourth-order valence-corrected chi connectivity index (χ4v) is 4.59. The van der Waals surface area contributed by atoms with Crippen molar-refractivity contribution in [1.29, 1.82) is 0 Å². The van der Waals surface area contributed by atoms with Gasteiger partial charge in [-0.25, -0.2) is 4.68 Å². The summed E-state index contributed by atoms with van der Waals surface area (Å²) in [7, 11) is 3.12. The lowest BCUT2D eigenvalue weighted by atomic mass is 9.94. The van der Waals surface area contributed by atoms with E-state index in [1.807, 2.05) is 50.2 Å². The lowest BCUT2D eigenvalue weighted by Gasteiger charge is -2.29. The minimum absolute atomic E-state index is 0.104. The molecule has 1 unspecified atom stereocenters. The quantitative estimate of drug-likeness (QED) is 0.293. The zero-order chi connectivity index (χ0) is 27.5. The second-order valence-electron chi connectivity index (χ2n) is 8.82. The molecule has 0 bridgehead atoms. The summed E-state index contributed by atoms with van der Waals surface area (Å²) < 4.78 is 18.4. The molecule has 1 atom stereocenters. The summed E-state index contributed by atoms with van der Waals surface area (Å²) in [6, 6.07) is 18.8. The number of fused-ring (bicyclic) bond motifs is 1. The van der Waals surface area contributed by atoms with Crippen molar-refractivity contribution in [1.82, 2.24) is 14.8 Å². The predicted molar refractivity (Wildman–Crippen MR) is 147 cm³/mol. The van der Waals surface area contributed by atoms with Gasteiger partial charge < -0.3 is 30.0 Å². The van der Waals surface area contributed by atoms with Gasteiger partial charge in [0, 0.05) is 11.3 Å². The van der Waals surface area contributed by atoms with Crippen LogP contribution in [0.3, 0.4) is 0 Å². The van der Waals surface area contributed by atoms with Crippen LogP contribution in [0.1, 0.15) is 25.5 Å². The van der Waals surface area contributed by atoms with Gasteiger partial charge in [0.1, 0.15) is 17.5 Å². The number of ether oxygens (including phenoxy) is 3. The maximum absolute atomic E-state index is 13.9. The Kier molecular flexibility index (Phi) is 7.09. The molecule has 2 heterocycles. The fourth-order valence-electron chi connectivity index (χ4n) is 4.59. The first kappa shape index (κ1) is 25.7. The number of anilines is 2. The third-order valence-electron chi connectivity index (χ3n) is 6.36. The number of allylic oxidation sites excluding steroid dienone is 1. The molecule has 0 radical (unpaired) electrons. The van der Waals surface area contributed by atoms with Crippen molar-refractivity contribution in [2.45, 2.75) is 19.9 Å². The molecule has 4 aromatic rings. The normalized spacial score (nSPS) is 14.3. The van der Waals surface area contributed by atoms with E-state index in [2.05, 4.69) is 15.6 Å². The second-order valence-corrected chi connectivity index (χ2v) is 8.82. The van der Waals surface area contributed by atoms with Gasteiger partial charge in [0.2, 0.25) is 5.95 Å². The average molecular weight is 528 g/mol. The van der Waals surface area contributed by atoms with E-state index in [4.69, 9.17) is 19.3 Å². The molecule has 1 aliphatic heterocycles. The van der Waals surface area contributed by atoms with Crippen LogP contribution in [0.15, 0.2) is 78.0 Å². The van der Waals surface area contributed by atoms with E-state index in [9.17, 15) is 9.90 Å². The molecular weight excluding hydrogens is 498 g/mol. The first-order valence-electron chi connectivity index (χ1n) is 12.4. The van der Waals surface area contributed by atoms with Crippen molar-refractivity contribution < 1.29 is 24.1 Å². The topological polar surface area (TPSA) is 120 Å². The van der Waals surface area contributed by atoms with Gasteiger partial charge in [-0.3, -0.25) is 4.79 Å². The number of hydrogen-bond donors (Lipinski definition) is 3. The first-order valence-corrected chi connectivity index (χ1v) is 12.4. The number of methoxy groups -OCH3 is 2. The number of nitrogens with one attached hydrogen (secondary N) is 2. The Labute approximate surface area is 225 Å². The SMILES string of the molecule is CCOc1ccc(C2C(C(=O)Nc3ccccc3OC)=C(C)Nc3nc(-c4cccc(O)c4)nn32)cc1OC. The summed E-state index contributed by atoms with van der Waals surface area (Å²) >= 11 is 0. The minimum Gasteiger partial charge on any atom is -0.508 e. The van der Waals surface area contributed by atoms with Crippen LogP contribution in [0.2, 0.25) is 0 Å². The molecule has 39 heavy (non-hydrogen) atoms. The van der Waals surface area contributed by atoms with Crippen LogP contribution < -0.4 is 24.8 Å². The van der Waals surface area contributed by atoms with Gasteiger partial charge in [0.25, 0.3) is 5.91 Å². The van der Waals surface area contributed by atoms with E-state index >= 15 is 0 Å². The summed E-state index contributed by atoms with van der Waals surface area (Å²) in [6.45, 7) is 4.20. The van der Waals surface area contributed by atoms with E-state index in [1.165, 1.54) is 0 Å². The van der Waals surface area contributed by atoms with Crippen molar-refractivity contribution in [3.63, 3.8) is 0 Å². The predicted octanol–water partition coefficient (Wildman–Crippen LogP) is 4.99. The molecule has 1 aromatic heterocycles. The number of phenolic OH excluding ortho intramolecular Hbond substituents is 1. The number of carbonyl (C=O) groups excluding carboxylic acids is 1. The van der Waals surface area contributed by atoms with Crippen LogP contribution in [0.4, 0.5) is 11.6 Å². The zero-order valence-electron chi connectivity index (χ0n) is 22.1. The number of aromatic hydroxyl groups is 1. The lowest BCUT2D eigenvalue weighted by Crippen LogP contribution is -2.31. The molecule has 0 saturated carbocycles. The number of phenols is 1. The number of carbonyl (C=O) groups is 1. The fraction of sp³-hybridized carbons (Fsp3) is 0.207. The molecule has 200 valence electrons. The van der Waals surface area contributed by atoms with Crippen molar-refractivity contribution in [2.75, 3.05) is 31.5 Å². The molecule has 0 spiro atoms. The second kappa shape index (κ2) is 10.8. The average Bonchev–Trinajstić information content (AvgIpc) is 3.36. The van der Waals surface area contributed by atoms with Crippen LogP contribution >= 0.6 is 0 Å². The molecule has 0 aliphatic carbocycles. The van der Waals surface area contributed by atoms with Crippen LogP contribution in [-0.2, 0) is 4.79 Å². The maximum atomic E-state index is 13.9. The highest BCUT2D eigenvalue weighted by Crippen LogP contribution is 2.40. The third-order valence-corrected chi connectivity index (χ3v) is 6.36. The van der Waals surface area contributed by atoms with Crippen molar-refractivity contribution >= 4 is 17.5 Å². The largest absolute Gasteiger partial charge is 0.508 e. The number of amides is 1. The van der Waals surface area contributed by atoms with E-state index in [0.29, 0.717) is 58.1 Å². The van der Waals surface area contributed by atoms with Gasteiger partial charge in [-0.2, -0.15) is 4.98 Å². The summed E-state index contributed by atoms with van der Waals surface area (Å²) in [5.74, 6) is 2.30. The summed E-state index contributed by atoms with van der Waals surface area (Å²) in [5, 5.41) is 21.0. The molecule has 10 heteroatoms. The number of benzene rings is 3. The molecule has 1 aliphatic rings. The van der Waals surface area contributed by atoms with Gasteiger partial charge >= 0.3 is 0 Å². The zero-order valence-corrected chi connectivity index (χ0v) is 22.1. The Morgan fingerprint density at radius 3 is 2.56 bits per heavy atom. The van der Waals surface area contributed by atoms with Crippen LogP contribution in [0.25, 0.3) is 11.4 Å². The molecule has 5 rings (SSSR count).